The molecule has 1 atom stereocenters. The Labute approximate surface area is 115 Å². The third kappa shape index (κ3) is 2.11. The third-order valence-electron chi connectivity index (χ3n) is 3.12. The second kappa shape index (κ2) is 4.37. The van der Waals surface area contributed by atoms with Crippen LogP contribution in [0, 0.1) is 0 Å². The molecule has 1 N–H and O–H groups in total. The summed E-state index contributed by atoms with van der Waals surface area (Å²) in [7, 11) is 0. The van der Waals surface area contributed by atoms with Gasteiger partial charge in [-0.3, -0.25) is 4.79 Å². The highest BCUT2D eigenvalue weighted by atomic mass is 35.5. The van der Waals surface area contributed by atoms with Crippen molar-refractivity contribution in [1.82, 2.24) is 0 Å². The summed E-state index contributed by atoms with van der Waals surface area (Å²) in [6, 6.07) is 13.8. The number of carbonyl (C=O) groups excluding carboxylic acids is 1. The maximum atomic E-state index is 12.2. The predicted octanol–water partition coefficient (Wildman–Crippen LogP) is 2.85. The molecule has 4 heteroatoms. The van der Waals surface area contributed by atoms with Gasteiger partial charge in [0.05, 0.1) is 5.56 Å². The van der Waals surface area contributed by atoms with E-state index in [0.29, 0.717) is 16.3 Å². The number of benzene rings is 2. The molecule has 2 aromatic carbocycles. The Balaban J connectivity index is 1.90. The van der Waals surface area contributed by atoms with E-state index >= 15 is 0 Å². The Bertz CT molecular complexity index is 636. The Kier molecular flexibility index (Phi) is 2.81. The van der Waals surface area contributed by atoms with Crippen LogP contribution in [0.2, 0.25) is 5.02 Å². The van der Waals surface area contributed by atoms with Crippen LogP contribution in [-0.2, 0) is 6.42 Å². The number of hydrogen-bond donors (Lipinski definition) is 1. The summed E-state index contributed by atoms with van der Waals surface area (Å²) in [4.78, 5) is 12.2. The lowest BCUT2D eigenvalue weighted by Crippen LogP contribution is -2.42. The lowest BCUT2D eigenvalue weighted by Gasteiger charge is -2.20. The first-order valence-electron chi connectivity index (χ1n) is 5.88. The van der Waals surface area contributed by atoms with E-state index in [1.165, 1.54) is 0 Å². The molecule has 1 aliphatic rings. The highest BCUT2D eigenvalue weighted by Gasteiger charge is 2.46. The van der Waals surface area contributed by atoms with E-state index in [9.17, 15) is 9.90 Å². The summed E-state index contributed by atoms with van der Waals surface area (Å²) in [5, 5.41) is 11.0. The van der Waals surface area contributed by atoms with Crippen LogP contribution in [-0.4, -0.2) is 16.7 Å². The number of ether oxygens (including phenoxy) is 1. The second-order valence-corrected chi connectivity index (χ2v) is 4.95. The average Bonchev–Trinajstić information content (AvgIpc) is 2.65. The van der Waals surface area contributed by atoms with Gasteiger partial charge in [0.1, 0.15) is 5.75 Å². The largest absolute Gasteiger partial charge is 0.453 e. The Hall–Kier alpha value is -1.84. The molecule has 19 heavy (non-hydrogen) atoms. The number of aliphatic hydroxyl groups is 1. The van der Waals surface area contributed by atoms with E-state index in [1.807, 2.05) is 0 Å². The van der Waals surface area contributed by atoms with E-state index < -0.39 is 11.6 Å². The molecule has 3 rings (SSSR count). The molecule has 0 bridgehead atoms. The van der Waals surface area contributed by atoms with Gasteiger partial charge in [-0.25, -0.2) is 0 Å². The molecule has 0 unspecified atom stereocenters. The van der Waals surface area contributed by atoms with Gasteiger partial charge in [-0.05, 0) is 29.8 Å². The number of Topliss-reactive ketones (excluding diaryl/α,β-unsaturated/α-hetero) is 1. The molecule has 0 saturated heterocycles. The topological polar surface area (TPSA) is 46.5 Å². The minimum Gasteiger partial charge on any atom is -0.453 e. The third-order valence-corrected chi connectivity index (χ3v) is 3.37. The van der Waals surface area contributed by atoms with E-state index in [1.54, 1.807) is 48.5 Å². The number of para-hydroxylation sites is 1. The van der Waals surface area contributed by atoms with Crippen LogP contribution >= 0.6 is 11.6 Å². The lowest BCUT2D eigenvalue weighted by atomic mass is 9.99. The van der Waals surface area contributed by atoms with Crippen molar-refractivity contribution < 1.29 is 14.6 Å². The average molecular weight is 275 g/mol. The fourth-order valence-electron chi connectivity index (χ4n) is 2.18. The molecule has 0 aromatic heterocycles. The van der Waals surface area contributed by atoms with Crippen LogP contribution < -0.4 is 4.74 Å². The molecule has 0 spiro atoms. The molecular formula is C15H11ClO3. The zero-order valence-corrected chi connectivity index (χ0v) is 10.7. The SMILES string of the molecule is O=C1c2ccccc2O[C@]1(O)Cc1ccc(Cl)cc1. The summed E-state index contributed by atoms with van der Waals surface area (Å²) in [6.07, 6.45) is 0.0949. The Morgan fingerprint density at radius 1 is 1.11 bits per heavy atom. The molecule has 0 fully saturated rings. The molecule has 2 aromatic rings. The van der Waals surface area contributed by atoms with Gasteiger partial charge in [0, 0.05) is 11.4 Å². The molecule has 96 valence electrons. The summed E-state index contributed by atoms with van der Waals surface area (Å²) < 4.78 is 5.41. The van der Waals surface area contributed by atoms with E-state index in [4.69, 9.17) is 16.3 Å². The molecule has 0 saturated carbocycles. The van der Waals surface area contributed by atoms with Gasteiger partial charge in [-0.1, -0.05) is 35.9 Å². The van der Waals surface area contributed by atoms with Gasteiger partial charge in [-0.15, -0.1) is 0 Å². The molecule has 0 amide bonds. The molecule has 1 heterocycles. The zero-order chi connectivity index (χ0) is 13.5. The van der Waals surface area contributed by atoms with Gasteiger partial charge in [0.15, 0.2) is 0 Å². The predicted molar refractivity (Wildman–Crippen MR) is 71.5 cm³/mol. The van der Waals surface area contributed by atoms with Crippen molar-refractivity contribution in [2.24, 2.45) is 0 Å². The van der Waals surface area contributed by atoms with E-state index in [0.717, 1.165) is 5.56 Å². The first kappa shape index (κ1) is 12.2. The smallest absolute Gasteiger partial charge is 0.276 e. The number of carbonyl (C=O) groups is 1. The van der Waals surface area contributed by atoms with Crippen molar-refractivity contribution >= 4 is 17.4 Å². The number of fused-ring (bicyclic) bond motifs is 1. The zero-order valence-electron chi connectivity index (χ0n) is 9.97. The van der Waals surface area contributed by atoms with Crippen molar-refractivity contribution in [2.75, 3.05) is 0 Å². The Morgan fingerprint density at radius 2 is 1.79 bits per heavy atom. The number of halogens is 1. The monoisotopic (exact) mass is 274 g/mol. The first-order chi connectivity index (χ1) is 9.08. The lowest BCUT2D eigenvalue weighted by molar-refractivity contribution is -0.0888. The van der Waals surface area contributed by atoms with Gasteiger partial charge in [0.2, 0.25) is 5.78 Å². The van der Waals surface area contributed by atoms with Crippen molar-refractivity contribution in [3.05, 3.63) is 64.7 Å². The second-order valence-electron chi connectivity index (χ2n) is 4.51. The van der Waals surface area contributed by atoms with Crippen molar-refractivity contribution in [3.8, 4) is 5.75 Å². The maximum Gasteiger partial charge on any atom is 0.276 e. The van der Waals surface area contributed by atoms with Crippen molar-refractivity contribution in [1.29, 1.82) is 0 Å². The summed E-state index contributed by atoms with van der Waals surface area (Å²) >= 11 is 5.80. The normalized spacial score (nSPS) is 21.1. The minimum absolute atomic E-state index is 0.0949. The van der Waals surface area contributed by atoms with Crippen molar-refractivity contribution in [3.63, 3.8) is 0 Å². The summed E-state index contributed by atoms with van der Waals surface area (Å²) in [5.74, 6) is -1.81. The first-order valence-corrected chi connectivity index (χ1v) is 6.26. The molecule has 3 nitrogen and oxygen atoms in total. The fraction of sp³-hybridized carbons (Fsp3) is 0.133. The van der Waals surface area contributed by atoms with Crippen molar-refractivity contribution in [2.45, 2.75) is 12.2 Å². The van der Waals surface area contributed by atoms with E-state index in [-0.39, 0.29) is 6.42 Å². The molecular weight excluding hydrogens is 264 g/mol. The van der Waals surface area contributed by atoms with Gasteiger partial charge >= 0.3 is 0 Å². The van der Waals surface area contributed by atoms with Crippen LogP contribution in [0.5, 0.6) is 5.75 Å². The van der Waals surface area contributed by atoms with Crippen LogP contribution in [0.15, 0.2) is 48.5 Å². The summed E-state index contributed by atoms with van der Waals surface area (Å²) in [5.41, 5.74) is 1.20. The van der Waals surface area contributed by atoms with Gasteiger partial charge in [-0.2, -0.15) is 0 Å². The van der Waals surface area contributed by atoms with Crippen LogP contribution in [0.4, 0.5) is 0 Å². The summed E-state index contributed by atoms with van der Waals surface area (Å²) in [6.45, 7) is 0. The quantitative estimate of drug-likeness (QED) is 0.916. The highest BCUT2D eigenvalue weighted by Crippen LogP contribution is 2.35. The number of hydrogen-bond acceptors (Lipinski definition) is 3. The van der Waals surface area contributed by atoms with E-state index in [2.05, 4.69) is 0 Å². The van der Waals surface area contributed by atoms with Crippen LogP contribution in [0.3, 0.4) is 0 Å². The number of ketones is 1. The number of rotatable bonds is 2. The molecule has 0 aliphatic carbocycles. The molecule has 1 aliphatic heterocycles. The fourth-order valence-corrected chi connectivity index (χ4v) is 2.30. The minimum atomic E-state index is -1.82. The molecule has 0 radical (unpaired) electrons. The Morgan fingerprint density at radius 3 is 2.47 bits per heavy atom. The highest BCUT2D eigenvalue weighted by molar-refractivity contribution is 6.30. The van der Waals surface area contributed by atoms with Crippen LogP contribution in [0.1, 0.15) is 15.9 Å². The van der Waals surface area contributed by atoms with Gasteiger partial charge < -0.3 is 9.84 Å². The standard InChI is InChI=1S/C15H11ClO3/c16-11-7-5-10(6-8-11)9-15(18)14(17)12-3-1-2-4-13(12)19-15/h1-8,18H,9H2/t15-/m1/s1. The van der Waals surface area contributed by atoms with Gasteiger partial charge in [0.25, 0.3) is 5.79 Å². The maximum absolute atomic E-state index is 12.2. The van der Waals surface area contributed by atoms with Crippen LogP contribution in [0.25, 0.3) is 0 Å².